The van der Waals surface area contributed by atoms with Crippen LogP contribution in [-0.2, 0) is 16.6 Å². The van der Waals surface area contributed by atoms with Crippen molar-refractivity contribution in [1.29, 1.82) is 0 Å². The Morgan fingerprint density at radius 3 is 2.40 bits per heavy atom. The van der Waals surface area contributed by atoms with Crippen molar-refractivity contribution in [2.24, 2.45) is 0 Å². The fourth-order valence-electron chi connectivity index (χ4n) is 2.89. The molecular formula is C17H22N4O3S. The topological polar surface area (TPSA) is 84.3 Å². The number of benzene rings is 1. The van der Waals surface area contributed by atoms with E-state index in [0.717, 1.165) is 12.8 Å². The molecule has 0 atom stereocenters. The van der Waals surface area contributed by atoms with Crippen LogP contribution < -0.4 is 5.32 Å². The summed E-state index contributed by atoms with van der Waals surface area (Å²) in [5.41, 5.74) is 1.72. The fraction of sp³-hybridized carbons (Fsp3) is 0.412. The number of nitrogens with zero attached hydrogens (tertiary/aromatic N) is 3. The van der Waals surface area contributed by atoms with Gasteiger partial charge in [0.1, 0.15) is 0 Å². The second kappa shape index (κ2) is 6.97. The summed E-state index contributed by atoms with van der Waals surface area (Å²) >= 11 is 0. The molecular weight excluding hydrogens is 340 g/mol. The highest BCUT2D eigenvalue weighted by Crippen LogP contribution is 2.22. The van der Waals surface area contributed by atoms with E-state index in [1.807, 2.05) is 6.92 Å². The van der Waals surface area contributed by atoms with Gasteiger partial charge in [0.25, 0.3) is 5.91 Å². The van der Waals surface area contributed by atoms with Gasteiger partial charge >= 0.3 is 0 Å². The molecule has 0 spiro atoms. The summed E-state index contributed by atoms with van der Waals surface area (Å²) in [4.78, 5) is 12.6. The molecule has 0 unspecified atom stereocenters. The van der Waals surface area contributed by atoms with Gasteiger partial charge in [0.2, 0.25) is 10.0 Å². The monoisotopic (exact) mass is 362 g/mol. The lowest BCUT2D eigenvalue weighted by molar-refractivity contribution is 0.102. The smallest absolute Gasteiger partial charge is 0.259 e. The van der Waals surface area contributed by atoms with Gasteiger partial charge in [-0.05, 0) is 51.0 Å². The molecule has 0 bridgehead atoms. The van der Waals surface area contributed by atoms with Gasteiger partial charge in [-0.2, -0.15) is 9.40 Å². The Morgan fingerprint density at radius 1 is 1.20 bits per heavy atom. The highest BCUT2D eigenvalue weighted by molar-refractivity contribution is 7.89. The molecule has 1 saturated heterocycles. The maximum atomic E-state index is 12.5. The van der Waals surface area contributed by atoms with Crippen molar-refractivity contribution in [2.75, 3.05) is 18.4 Å². The summed E-state index contributed by atoms with van der Waals surface area (Å²) in [5, 5.41) is 7.04. The van der Waals surface area contributed by atoms with Crippen molar-refractivity contribution >= 4 is 21.6 Å². The number of aryl methyl sites for hydroxylation is 2. The zero-order valence-corrected chi connectivity index (χ0v) is 15.2. The Hall–Kier alpha value is -2.19. The van der Waals surface area contributed by atoms with Gasteiger partial charge in [-0.25, -0.2) is 8.42 Å². The predicted octanol–water partition coefficient (Wildman–Crippen LogP) is 2.25. The second-order valence-electron chi connectivity index (χ2n) is 6.07. The molecule has 2 heterocycles. The number of hydrogen-bond donors (Lipinski definition) is 1. The highest BCUT2D eigenvalue weighted by atomic mass is 32.2. The molecule has 1 amide bonds. The lowest BCUT2D eigenvalue weighted by Crippen LogP contribution is -2.27. The van der Waals surface area contributed by atoms with Crippen molar-refractivity contribution < 1.29 is 13.2 Å². The molecule has 134 valence electrons. The zero-order chi connectivity index (χ0) is 18.0. The first kappa shape index (κ1) is 17.6. The SMILES string of the molecule is CCn1cc(C(=O)Nc2ccc(S(=O)(=O)N3CCCC3)cc2)c(C)n1. The van der Waals surface area contributed by atoms with Crippen LogP contribution in [0.5, 0.6) is 0 Å². The third kappa shape index (κ3) is 3.59. The molecule has 1 aliphatic heterocycles. The third-order valence-corrected chi connectivity index (χ3v) is 6.24. The number of aromatic nitrogens is 2. The lowest BCUT2D eigenvalue weighted by atomic mass is 10.2. The molecule has 1 N–H and O–H groups in total. The van der Waals surface area contributed by atoms with Crippen molar-refractivity contribution in [3.05, 3.63) is 41.7 Å². The number of carbonyl (C=O) groups is 1. The Kier molecular flexibility index (Phi) is 4.91. The predicted molar refractivity (Wildman–Crippen MR) is 95.0 cm³/mol. The van der Waals surface area contributed by atoms with Crippen molar-refractivity contribution in [2.45, 2.75) is 38.1 Å². The van der Waals surface area contributed by atoms with Crippen LogP contribution in [0.1, 0.15) is 35.8 Å². The molecule has 1 aromatic heterocycles. The molecule has 8 heteroatoms. The first-order chi connectivity index (χ1) is 11.9. The lowest BCUT2D eigenvalue weighted by Gasteiger charge is -2.15. The largest absolute Gasteiger partial charge is 0.322 e. The van der Waals surface area contributed by atoms with E-state index in [2.05, 4.69) is 10.4 Å². The van der Waals surface area contributed by atoms with Crippen molar-refractivity contribution in [1.82, 2.24) is 14.1 Å². The Labute approximate surface area is 147 Å². The van der Waals surface area contributed by atoms with Crippen LogP contribution in [0.2, 0.25) is 0 Å². The van der Waals surface area contributed by atoms with Crippen LogP contribution in [0.3, 0.4) is 0 Å². The highest BCUT2D eigenvalue weighted by Gasteiger charge is 2.27. The molecule has 0 saturated carbocycles. The summed E-state index contributed by atoms with van der Waals surface area (Å²) in [6, 6.07) is 6.29. The average molecular weight is 362 g/mol. The van der Waals surface area contributed by atoms with E-state index in [-0.39, 0.29) is 10.8 Å². The van der Waals surface area contributed by atoms with E-state index >= 15 is 0 Å². The first-order valence-corrected chi connectivity index (χ1v) is 9.81. The molecule has 7 nitrogen and oxygen atoms in total. The quantitative estimate of drug-likeness (QED) is 0.884. The molecule has 0 aliphatic carbocycles. The molecule has 1 aromatic carbocycles. The van der Waals surface area contributed by atoms with Crippen LogP contribution in [0.15, 0.2) is 35.4 Å². The fourth-order valence-corrected chi connectivity index (χ4v) is 4.41. The van der Waals surface area contributed by atoms with Crippen LogP contribution in [0.4, 0.5) is 5.69 Å². The van der Waals surface area contributed by atoms with E-state index in [4.69, 9.17) is 0 Å². The number of amides is 1. The van der Waals surface area contributed by atoms with E-state index in [0.29, 0.717) is 36.6 Å². The molecule has 25 heavy (non-hydrogen) atoms. The van der Waals surface area contributed by atoms with Gasteiger partial charge < -0.3 is 5.32 Å². The molecule has 0 radical (unpaired) electrons. The number of anilines is 1. The van der Waals surface area contributed by atoms with Gasteiger partial charge in [0.05, 0.1) is 16.2 Å². The van der Waals surface area contributed by atoms with E-state index in [1.165, 1.54) is 16.4 Å². The summed E-state index contributed by atoms with van der Waals surface area (Å²) in [5.74, 6) is -0.257. The normalized spacial score (nSPS) is 15.4. The summed E-state index contributed by atoms with van der Waals surface area (Å²) < 4.78 is 28.2. The minimum Gasteiger partial charge on any atom is -0.322 e. The average Bonchev–Trinajstić information content (AvgIpc) is 3.25. The van der Waals surface area contributed by atoms with Gasteiger partial charge in [-0.3, -0.25) is 9.48 Å². The number of sulfonamides is 1. The number of hydrogen-bond acceptors (Lipinski definition) is 4. The Balaban J connectivity index is 1.74. The summed E-state index contributed by atoms with van der Waals surface area (Å²) in [6.07, 6.45) is 3.51. The van der Waals surface area contributed by atoms with Crippen molar-refractivity contribution in [3.63, 3.8) is 0 Å². The molecule has 1 fully saturated rings. The molecule has 3 rings (SSSR count). The second-order valence-corrected chi connectivity index (χ2v) is 8.01. The minimum absolute atomic E-state index is 0.252. The van der Waals surface area contributed by atoms with E-state index in [9.17, 15) is 13.2 Å². The van der Waals surface area contributed by atoms with Crippen LogP contribution >= 0.6 is 0 Å². The Morgan fingerprint density at radius 2 is 1.84 bits per heavy atom. The molecule has 2 aromatic rings. The summed E-state index contributed by atoms with van der Waals surface area (Å²) in [7, 11) is -3.44. The number of nitrogens with one attached hydrogen (secondary N) is 1. The standard InChI is InChI=1S/C17H22N4O3S/c1-3-20-12-16(13(2)19-20)17(22)18-14-6-8-15(9-7-14)25(23,24)21-10-4-5-11-21/h6-9,12H,3-5,10-11H2,1-2H3,(H,18,22). The van der Waals surface area contributed by atoms with Crippen LogP contribution in [0.25, 0.3) is 0 Å². The maximum absolute atomic E-state index is 12.5. The van der Waals surface area contributed by atoms with E-state index < -0.39 is 10.0 Å². The van der Waals surface area contributed by atoms with E-state index in [1.54, 1.807) is 29.9 Å². The van der Waals surface area contributed by atoms with Crippen LogP contribution in [0, 0.1) is 6.92 Å². The number of rotatable bonds is 5. The molecule has 1 aliphatic rings. The van der Waals surface area contributed by atoms with Crippen molar-refractivity contribution in [3.8, 4) is 0 Å². The minimum atomic E-state index is -3.44. The third-order valence-electron chi connectivity index (χ3n) is 4.33. The van der Waals surface area contributed by atoms with Gasteiger partial charge in [-0.1, -0.05) is 0 Å². The first-order valence-electron chi connectivity index (χ1n) is 8.37. The van der Waals surface area contributed by atoms with Crippen LogP contribution in [-0.4, -0.2) is 41.5 Å². The van der Waals surface area contributed by atoms with Gasteiger partial charge in [0.15, 0.2) is 0 Å². The van der Waals surface area contributed by atoms with Gasteiger partial charge in [0, 0.05) is 31.5 Å². The Bertz CT molecular complexity index is 866. The van der Waals surface area contributed by atoms with Gasteiger partial charge in [-0.15, -0.1) is 0 Å². The summed E-state index contributed by atoms with van der Waals surface area (Å²) in [6.45, 7) is 5.57. The zero-order valence-electron chi connectivity index (χ0n) is 14.4. The number of carbonyl (C=O) groups excluding carboxylic acids is 1. The maximum Gasteiger partial charge on any atom is 0.259 e.